The molecule has 0 amide bonds. The van der Waals surface area contributed by atoms with E-state index in [-0.39, 0.29) is 6.04 Å². The average molecular weight is 199 g/mol. The molecule has 14 heavy (non-hydrogen) atoms. The van der Waals surface area contributed by atoms with Gasteiger partial charge in [0.25, 0.3) is 0 Å². The highest BCUT2D eigenvalue weighted by Crippen LogP contribution is 2.20. The van der Waals surface area contributed by atoms with Gasteiger partial charge in [0.15, 0.2) is 0 Å². The Morgan fingerprint density at radius 3 is 2.86 bits per heavy atom. The molecule has 0 aliphatic carbocycles. The van der Waals surface area contributed by atoms with Crippen LogP contribution in [0.1, 0.15) is 19.8 Å². The first-order valence-electron chi connectivity index (χ1n) is 4.87. The second kappa shape index (κ2) is 4.57. The predicted octanol–water partition coefficient (Wildman–Crippen LogP) is 0.471. The van der Waals surface area contributed by atoms with Crippen LogP contribution in [0.3, 0.4) is 0 Å². The molecule has 0 aromatic rings. The first-order chi connectivity index (χ1) is 6.57. The van der Waals surface area contributed by atoms with E-state index in [0.717, 1.165) is 12.8 Å². The number of aliphatic hydroxyl groups excluding tert-OH is 1. The zero-order chi connectivity index (χ0) is 10.7. The van der Waals surface area contributed by atoms with Crippen molar-refractivity contribution in [1.29, 1.82) is 0 Å². The van der Waals surface area contributed by atoms with Crippen LogP contribution < -0.4 is 0 Å². The van der Waals surface area contributed by atoms with Crippen molar-refractivity contribution in [2.45, 2.75) is 38.0 Å². The molecule has 0 bridgehead atoms. The molecule has 0 saturated carbocycles. The molecular formula is C10H17NO3. The van der Waals surface area contributed by atoms with Crippen LogP contribution in [0.4, 0.5) is 0 Å². The Morgan fingerprint density at radius 2 is 2.36 bits per heavy atom. The monoisotopic (exact) mass is 199 g/mol. The molecule has 1 fully saturated rings. The number of carboxylic acid groups (broad SMARTS) is 1. The van der Waals surface area contributed by atoms with Crippen molar-refractivity contribution in [2.75, 3.05) is 6.54 Å². The molecular weight excluding hydrogens is 182 g/mol. The number of aliphatic hydroxyl groups is 1. The standard InChI is InChI=1S/C10H17NO3/c1-3-8(10(13)14)11-6-4-5-9(12)7(11)2/h3,7-9,12H,1,4-6H2,2H3,(H,13,14). The molecule has 4 heteroatoms. The minimum absolute atomic E-state index is 0.108. The topological polar surface area (TPSA) is 60.8 Å². The van der Waals surface area contributed by atoms with Crippen LogP contribution in [-0.4, -0.2) is 45.8 Å². The molecule has 3 atom stereocenters. The van der Waals surface area contributed by atoms with Crippen molar-refractivity contribution < 1.29 is 15.0 Å². The van der Waals surface area contributed by atoms with Crippen molar-refractivity contribution in [2.24, 2.45) is 0 Å². The second-order valence-corrected chi connectivity index (χ2v) is 3.71. The van der Waals surface area contributed by atoms with Crippen molar-refractivity contribution in [3.05, 3.63) is 12.7 Å². The first-order valence-corrected chi connectivity index (χ1v) is 4.87. The normalized spacial score (nSPS) is 31.0. The van der Waals surface area contributed by atoms with Crippen LogP contribution in [0.25, 0.3) is 0 Å². The minimum atomic E-state index is -0.902. The van der Waals surface area contributed by atoms with Crippen LogP contribution in [-0.2, 0) is 4.79 Å². The zero-order valence-electron chi connectivity index (χ0n) is 8.39. The number of carbonyl (C=O) groups is 1. The summed E-state index contributed by atoms with van der Waals surface area (Å²) in [6, 6.07) is -0.789. The van der Waals surface area contributed by atoms with E-state index in [2.05, 4.69) is 6.58 Å². The van der Waals surface area contributed by atoms with Crippen LogP contribution in [0.15, 0.2) is 12.7 Å². The maximum absolute atomic E-state index is 10.9. The van der Waals surface area contributed by atoms with Gasteiger partial charge in [0.2, 0.25) is 0 Å². The van der Waals surface area contributed by atoms with Gasteiger partial charge in [-0.05, 0) is 26.3 Å². The summed E-state index contributed by atoms with van der Waals surface area (Å²) in [5.41, 5.74) is 0. The number of aliphatic carboxylic acids is 1. The predicted molar refractivity (Wildman–Crippen MR) is 53.0 cm³/mol. The van der Waals surface area contributed by atoms with Crippen molar-refractivity contribution in [3.8, 4) is 0 Å². The highest BCUT2D eigenvalue weighted by atomic mass is 16.4. The molecule has 0 aromatic carbocycles. The van der Waals surface area contributed by atoms with Gasteiger partial charge in [0.1, 0.15) is 6.04 Å². The van der Waals surface area contributed by atoms with Gasteiger partial charge in [-0.3, -0.25) is 9.69 Å². The van der Waals surface area contributed by atoms with Crippen molar-refractivity contribution in [1.82, 2.24) is 4.90 Å². The summed E-state index contributed by atoms with van der Waals surface area (Å²) in [6.07, 6.45) is 2.58. The van der Waals surface area contributed by atoms with E-state index in [0.29, 0.717) is 6.54 Å². The molecule has 0 radical (unpaired) electrons. The summed E-state index contributed by atoms with van der Waals surface area (Å²) in [6.45, 7) is 6.07. The van der Waals surface area contributed by atoms with Crippen molar-refractivity contribution >= 4 is 5.97 Å². The number of rotatable bonds is 3. The van der Waals surface area contributed by atoms with Crippen LogP contribution >= 0.6 is 0 Å². The fourth-order valence-corrected chi connectivity index (χ4v) is 1.92. The summed E-state index contributed by atoms with van der Waals surface area (Å²) in [7, 11) is 0. The Balaban J connectivity index is 2.73. The fraction of sp³-hybridized carbons (Fsp3) is 0.700. The molecule has 1 aliphatic heterocycles. The number of hydrogen-bond donors (Lipinski definition) is 2. The van der Waals surface area contributed by atoms with Crippen LogP contribution in [0.5, 0.6) is 0 Å². The molecule has 1 rings (SSSR count). The minimum Gasteiger partial charge on any atom is -0.480 e. The molecule has 0 spiro atoms. The third kappa shape index (κ3) is 2.13. The van der Waals surface area contributed by atoms with Gasteiger partial charge in [-0.2, -0.15) is 0 Å². The maximum Gasteiger partial charge on any atom is 0.324 e. The first kappa shape index (κ1) is 11.2. The molecule has 3 unspecified atom stereocenters. The van der Waals surface area contributed by atoms with Gasteiger partial charge in [-0.25, -0.2) is 0 Å². The van der Waals surface area contributed by atoms with E-state index in [4.69, 9.17) is 5.11 Å². The fourth-order valence-electron chi connectivity index (χ4n) is 1.92. The Bertz CT molecular complexity index is 229. The smallest absolute Gasteiger partial charge is 0.324 e. The largest absolute Gasteiger partial charge is 0.480 e. The molecule has 80 valence electrons. The number of likely N-dealkylation sites (tertiary alicyclic amines) is 1. The zero-order valence-corrected chi connectivity index (χ0v) is 8.39. The Hall–Kier alpha value is -0.870. The number of piperidine rings is 1. The Labute approximate surface area is 83.8 Å². The lowest BCUT2D eigenvalue weighted by atomic mass is 9.98. The molecule has 1 saturated heterocycles. The molecule has 1 aliphatic rings. The lowest BCUT2D eigenvalue weighted by molar-refractivity contribution is -0.143. The van der Waals surface area contributed by atoms with Gasteiger partial charge in [-0.1, -0.05) is 6.08 Å². The Morgan fingerprint density at radius 1 is 1.71 bits per heavy atom. The summed E-state index contributed by atoms with van der Waals surface area (Å²) >= 11 is 0. The molecule has 2 N–H and O–H groups in total. The van der Waals surface area contributed by atoms with E-state index < -0.39 is 18.1 Å². The summed E-state index contributed by atoms with van der Waals surface area (Å²) in [5.74, 6) is -0.902. The average Bonchev–Trinajstić information content (AvgIpc) is 2.13. The highest BCUT2D eigenvalue weighted by Gasteiger charge is 2.33. The van der Waals surface area contributed by atoms with E-state index in [1.807, 2.05) is 6.92 Å². The SMILES string of the molecule is C=CC(C(=O)O)N1CCCC(O)C1C. The van der Waals surface area contributed by atoms with Gasteiger partial charge in [-0.15, -0.1) is 6.58 Å². The van der Waals surface area contributed by atoms with E-state index >= 15 is 0 Å². The molecule has 1 heterocycles. The second-order valence-electron chi connectivity index (χ2n) is 3.71. The van der Waals surface area contributed by atoms with Crippen LogP contribution in [0.2, 0.25) is 0 Å². The summed E-state index contributed by atoms with van der Waals surface area (Å²) in [5, 5.41) is 18.5. The van der Waals surface area contributed by atoms with E-state index in [1.165, 1.54) is 6.08 Å². The number of carboxylic acids is 1. The molecule has 0 aromatic heterocycles. The Kier molecular flexibility index (Phi) is 3.66. The van der Waals surface area contributed by atoms with Gasteiger partial charge in [0.05, 0.1) is 6.10 Å². The quantitative estimate of drug-likeness (QED) is 0.649. The lowest BCUT2D eigenvalue weighted by Crippen LogP contribution is -2.53. The van der Waals surface area contributed by atoms with Gasteiger partial charge < -0.3 is 10.2 Å². The number of nitrogens with zero attached hydrogens (tertiary/aromatic N) is 1. The third-order valence-corrected chi connectivity index (χ3v) is 2.83. The van der Waals surface area contributed by atoms with E-state index in [1.54, 1.807) is 4.90 Å². The van der Waals surface area contributed by atoms with Crippen molar-refractivity contribution in [3.63, 3.8) is 0 Å². The van der Waals surface area contributed by atoms with Crippen LogP contribution in [0, 0.1) is 0 Å². The lowest BCUT2D eigenvalue weighted by Gasteiger charge is -2.39. The summed E-state index contributed by atoms with van der Waals surface area (Å²) < 4.78 is 0. The number of hydrogen-bond acceptors (Lipinski definition) is 3. The molecule has 4 nitrogen and oxygen atoms in total. The van der Waals surface area contributed by atoms with E-state index in [9.17, 15) is 9.90 Å². The highest BCUT2D eigenvalue weighted by molar-refractivity contribution is 5.75. The van der Waals surface area contributed by atoms with Gasteiger partial charge in [0, 0.05) is 6.04 Å². The van der Waals surface area contributed by atoms with Gasteiger partial charge >= 0.3 is 5.97 Å². The maximum atomic E-state index is 10.9. The summed E-state index contributed by atoms with van der Waals surface area (Å²) in [4.78, 5) is 12.7. The third-order valence-electron chi connectivity index (χ3n) is 2.83.